The fourth-order valence-corrected chi connectivity index (χ4v) is 2.99. The normalized spacial score (nSPS) is 14.1. The highest BCUT2D eigenvalue weighted by atomic mass is 19.1. The molecule has 0 aromatic heterocycles. The quantitative estimate of drug-likeness (QED) is 0.813. The molecule has 1 aliphatic heterocycles. The lowest BCUT2D eigenvalue weighted by atomic mass is 10.1. The minimum atomic E-state index is -0.348. The van der Waals surface area contributed by atoms with Crippen molar-refractivity contribution in [1.82, 2.24) is 9.80 Å². The van der Waals surface area contributed by atoms with Crippen LogP contribution in [-0.4, -0.2) is 54.4 Å². The molecule has 2 aromatic carbocycles. The van der Waals surface area contributed by atoms with Gasteiger partial charge in [-0.05, 0) is 48.4 Å². The number of piperazine rings is 1. The Balaban J connectivity index is 1.48. The molecule has 0 saturated carbocycles. The van der Waals surface area contributed by atoms with Crippen LogP contribution in [0, 0.1) is 5.82 Å². The Hall–Kier alpha value is -2.89. The van der Waals surface area contributed by atoms with Crippen molar-refractivity contribution < 1.29 is 18.7 Å². The van der Waals surface area contributed by atoms with Crippen molar-refractivity contribution in [3.05, 3.63) is 65.5 Å². The first-order chi connectivity index (χ1) is 13.1. The number of amides is 2. The van der Waals surface area contributed by atoms with Crippen molar-refractivity contribution in [3.8, 4) is 5.75 Å². The minimum Gasteiger partial charge on any atom is -0.484 e. The number of halogens is 1. The molecule has 5 nitrogen and oxygen atoms in total. The van der Waals surface area contributed by atoms with Crippen LogP contribution in [-0.2, 0) is 11.2 Å². The maximum Gasteiger partial charge on any atom is 0.260 e. The summed E-state index contributed by atoms with van der Waals surface area (Å²) in [5.74, 6) is -0.0427. The third-order valence-electron chi connectivity index (χ3n) is 4.70. The Kier molecular flexibility index (Phi) is 6.06. The summed E-state index contributed by atoms with van der Waals surface area (Å²) in [5.41, 5.74) is 1.87. The number of benzene rings is 2. The largest absolute Gasteiger partial charge is 0.484 e. The van der Waals surface area contributed by atoms with E-state index in [1.165, 1.54) is 29.8 Å². The molecule has 0 N–H and O–H groups in total. The molecule has 3 rings (SSSR count). The topological polar surface area (TPSA) is 49.9 Å². The standard InChI is InChI=1S/C21H23FN2O3/c1-2-16-3-5-17(6-4-16)21(26)24-13-11-23(12-14-24)20(25)15-27-19-9-7-18(22)8-10-19/h3-10H,2,11-15H2,1H3. The highest BCUT2D eigenvalue weighted by molar-refractivity contribution is 5.94. The van der Waals surface area contributed by atoms with Gasteiger partial charge < -0.3 is 14.5 Å². The Morgan fingerprint density at radius 1 is 0.926 bits per heavy atom. The van der Waals surface area contributed by atoms with Gasteiger partial charge in [0.1, 0.15) is 11.6 Å². The molecule has 1 saturated heterocycles. The molecule has 6 heteroatoms. The maximum absolute atomic E-state index is 12.9. The summed E-state index contributed by atoms with van der Waals surface area (Å²) in [6, 6.07) is 13.2. The van der Waals surface area contributed by atoms with Crippen molar-refractivity contribution in [3.63, 3.8) is 0 Å². The highest BCUT2D eigenvalue weighted by Crippen LogP contribution is 2.13. The van der Waals surface area contributed by atoms with E-state index in [2.05, 4.69) is 6.92 Å². The van der Waals surface area contributed by atoms with Gasteiger partial charge in [0.05, 0.1) is 0 Å². The number of nitrogens with zero attached hydrogens (tertiary/aromatic N) is 2. The molecule has 0 unspecified atom stereocenters. The van der Waals surface area contributed by atoms with Gasteiger partial charge in [-0.2, -0.15) is 0 Å². The average Bonchev–Trinajstić information content (AvgIpc) is 2.73. The fourth-order valence-electron chi connectivity index (χ4n) is 2.99. The van der Waals surface area contributed by atoms with Crippen molar-refractivity contribution >= 4 is 11.8 Å². The zero-order valence-corrected chi connectivity index (χ0v) is 15.4. The van der Waals surface area contributed by atoms with Gasteiger partial charge in [-0.25, -0.2) is 4.39 Å². The Labute approximate surface area is 158 Å². The lowest BCUT2D eigenvalue weighted by Gasteiger charge is -2.34. The summed E-state index contributed by atoms with van der Waals surface area (Å²) in [4.78, 5) is 28.3. The third kappa shape index (κ3) is 4.84. The Morgan fingerprint density at radius 3 is 2.11 bits per heavy atom. The molecular formula is C21H23FN2O3. The Bertz CT molecular complexity index is 782. The molecule has 142 valence electrons. The molecule has 1 heterocycles. The minimum absolute atomic E-state index is 0.00712. The molecule has 0 aliphatic carbocycles. The van der Waals surface area contributed by atoms with Gasteiger partial charge in [-0.3, -0.25) is 9.59 Å². The van der Waals surface area contributed by atoms with E-state index in [0.29, 0.717) is 37.5 Å². The summed E-state index contributed by atoms with van der Waals surface area (Å²) in [7, 11) is 0. The molecule has 0 atom stereocenters. The predicted octanol–water partition coefficient (Wildman–Crippen LogP) is 2.75. The molecule has 1 aliphatic rings. The van der Waals surface area contributed by atoms with Crippen molar-refractivity contribution in [2.24, 2.45) is 0 Å². The van der Waals surface area contributed by atoms with Gasteiger partial charge in [0.2, 0.25) is 0 Å². The van der Waals surface area contributed by atoms with Gasteiger partial charge in [-0.15, -0.1) is 0 Å². The maximum atomic E-state index is 12.9. The first-order valence-corrected chi connectivity index (χ1v) is 9.11. The number of hydrogen-bond acceptors (Lipinski definition) is 3. The molecule has 2 amide bonds. The second kappa shape index (κ2) is 8.66. The number of carbonyl (C=O) groups excluding carboxylic acids is 2. The molecule has 1 fully saturated rings. The predicted molar refractivity (Wildman–Crippen MR) is 100 cm³/mol. The number of aryl methyl sites for hydroxylation is 1. The number of carbonyl (C=O) groups is 2. The molecule has 27 heavy (non-hydrogen) atoms. The van der Waals surface area contributed by atoms with E-state index in [1.54, 1.807) is 9.80 Å². The van der Waals surface area contributed by atoms with Crippen LogP contribution in [0.2, 0.25) is 0 Å². The van der Waals surface area contributed by atoms with Crippen LogP contribution in [0.15, 0.2) is 48.5 Å². The van der Waals surface area contributed by atoms with E-state index < -0.39 is 0 Å². The van der Waals surface area contributed by atoms with Crippen LogP contribution in [0.3, 0.4) is 0 Å². The van der Waals surface area contributed by atoms with E-state index in [9.17, 15) is 14.0 Å². The number of ether oxygens (including phenoxy) is 1. The smallest absolute Gasteiger partial charge is 0.260 e. The van der Waals surface area contributed by atoms with Gasteiger partial charge in [0.15, 0.2) is 6.61 Å². The zero-order chi connectivity index (χ0) is 19.2. The van der Waals surface area contributed by atoms with Crippen LogP contribution in [0.5, 0.6) is 5.75 Å². The van der Waals surface area contributed by atoms with Gasteiger partial charge >= 0.3 is 0 Å². The molecule has 0 spiro atoms. The van der Waals surface area contributed by atoms with Crippen LogP contribution in [0.4, 0.5) is 4.39 Å². The first-order valence-electron chi connectivity index (χ1n) is 9.11. The lowest BCUT2D eigenvalue weighted by Crippen LogP contribution is -2.51. The van der Waals surface area contributed by atoms with Crippen LogP contribution in [0.25, 0.3) is 0 Å². The summed E-state index contributed by atoms with van der Waals surface area (Å²) < 4.78 is 18.3. The SMILES string of the molecule is CCc1ccc(C(=O)N2CCN(C(=O)COc3ccc(F)cc3)CC2)cc1. The zero-order valence-electron chi connectivity index (χ0n) is 15.4. The van der Waals surface area contributed by atoms with E-state index >= 15 is 0 Å². The monoisotopic (exact) mass is 370 g/mol. The van der Waals surface area contributed by atoms with Crippen LogP contribution in [0.1, 0.15) is 22.8 Å². The summed E-state index contributed by atoms with van der Waals surface area (Å²) in [6.45, 7) is 3.92. The van der Waals surface area contributed by atoms with E-state index in [-0.39, 0.29) is 24.2 Å². The number of rotatable bonds is 5. The second-order valence-corrected chi connectivity index (χ2v) is 6.47. The van der Waals surface area contributed by atoms with Gasteiger partial charge in [-0.1, -0.05) is 19.1 Å². The average molecular weight is 370 g/mol. The van der Waals surface area contributed by atoms with Gasteiger partial charge in [0.25, 0.3) is 11.8 Å². The molecule has 0 radical (unpaired) electrons. The second-order valence-electron chi connectivity index (χ2n) is 6.47. The fraction of sp³-hybridized carbons (Fsp3) is 0.333. The van der Waals surface area contributed by atoms with E-state index in [1.807, 2.05) is 24.3 Å². The van der Waals surface area contributed by atoms with Crippen molar-refractivity contribution in [1.29, 1.82) is 0 Å². The molecular weight excluding hydrogens is 347 g/mol. The summed E-state index contributed by atoms with van der Waals surface area (Å²) >= 11 is 0. The lowest BCUT2D eigenvalue weighted by molar-refractivity contribution is -0.134. The third-order valence-corrected chi connectivity index (χ3v) is 4.70. The summed E-state index contributed by atoms with van der Waals surface area (Å²) in [5, 5.41) is 0. The van der Waals surface area contributed by atoms with Crippen molar-refractivity contribution in [2.75, 3.05) is 32.8 Å². The number of hydrogen-bond donors (Lipinski definition) is 0. The van der Waals surface area contributed by atoms with E-state index in [4.69, 9.17) is 4.74 Å². The van der Waals surface area contributed by atoms with Crippen LogP contribution >= 0.6 is 0 Å². The molecule has 0 bridgehead atoms. The van der Waals surface area contributed by atoms with Gasteiger partial charge in [0, 0.05) is 31.7 Å². The van der Waals surface area contributed by atoms with Crippen LogP contribution < -0.4 is 4.74 Å². The summed E-state index contributed by atoms with van der Waals surface area (Å²) in [6.07, 6.45) is 0.940. The van der Waals surface area contributed by atoms with E-state index in [0.717, 1.165) is 6.42 Å². The first kappa shape index (κ1) is 18.9. The highest BCUT2D eigenvalue weighted by Gasteiger charge is 2.25. The Morgan fingerprint density at radius 2 is 1.52 bits per heavy atom. The van der Waals surface area contributed by atoms with Crippen molar-refractivity contribution in [2.45, 2.75) is 13.3 Å². The molecule has 2 aromatic rings.